The van der Waals surface area contributed by atoms with Crippen LogP contribution in [0.25, 0.3) is 11.8 Å². The molecule has 3 heterocycles. The molecule has 0 radical (unpaired) electrons. The SMILES string of the molecule is CCOC(=O)C1=C(c2ccccc2)N=c2s/c(=C\c3ccc(C)o3)c(=O)n2[C@@H]1c1ccc(OCC)cc1. The van der Waals surface area contributed by atoms with Crippen molar-refractivity contribution in [1.82, 2.24) is 4.57 Å². The minimum Gasteiger partial charge on any atom is -0.494 e. The third kappa shape index (κ3) is 4.80. The number of aryl methyl sites for hydroxylation is 1. The summed E-state index contributed by atoms with van der Waals surface area (Å²) in [5.41, 5.74) is 2.05. The Balaban J connectivity index is 1.80. The molecule has 0 bridgehead atoms. The van der Waals surface area contributed by atoms with Gasteiger partial charge in [0.25, 0.3) is 5.56 Å². The third-order valence-electron chi connectivity index (χ3n) is 5.92. The number of furan rings is 1. The second-order valence-electron chi connectivity index (χ2n) is 8.38. The maximum atomic E-state index is 13.8. The quantitative estimate of drug-likeness (QED) is 0.345. The zero-order chi connectivity index (χ0) is 25.9. The van der Waals surface area contributed by atoms with Crippen LogP contribution in [0.5, 0.6) is 5.75 Å². The van der Waals surface area contributed by atoms with Gasteiger partial charge in [0.2, 0.25) is 0 Å². The zero-order valence-corrected chi connectivity index (χ0v) is 21.6. The molecule has 0 amide bonds. The lowest BCUT2D eigenvalue weighted by atomic mass is 9.93. The van der Waals surface area contributed by atoms with Crippen LogP contribution in [0.4, 0.5) is 0 Å². The summed E-state index contributed by atoms with van der Waals surface area (Å²) in [5.74, 6) is 1.52. The summed E-state index contributed by atoms with van der Waals surface area (Å²) in [6.45, 7) is 6.26. The van der Waals surface area contributed by atoms with Crippen molar-refractivity contribution >= 4 is 29.1 Å². The summed E-state index contributed by atoms with van der Waals surface area (Å²) >= 11 is 1.26. The van der Waals surface area contributed by atoms with Gasteiger partial charge in [-0.25, -0.2) is 9.79 Å². The van der Waals surface area contributed by atoms with Gasteiger partial charge in [0, 0.05) is 11.6 Å². The molecule has 7 nitrogen and oxygen atoms in total. The fraction of sp³-hybridized carbons (Fsp3) is 0.207. The number of thiazole rings is 1. The summed E-state index contributed by atoms with van der Waals surface area (Å²) in [6, 6.07) is 19.8. The molecular formula is C29H26N2O5S. The van der Waals surface area contributed by atoms with Gasteiger partial charge in [-0.05, 0) is 50.6 Å². The van der Waals surface area contributed by atoms with E-state index in [0.717, 1.165) is 16.9 Å². The Kier molecular flexibility index (Phi) is 6.92. The van der Waals surface area contributed by atoms with Gasteiger partial charge < -0.3 is 13.9 Å². The van der Waals surface area contributed by atoms with E-state index in [-0.39, 0.29) is 12.2 Å². The molecule has 1 aliphatic heterocycles. The number of carbonyl (C=O) groups is 1. The van der Waals surface area contributed by atoms with Crippen molar-refractivity contribution in [1.29, 1.82) is 0 Å². The number of nitrogens with zero attached hydrogens (tertiary/aromatic N) is 2. The highest BCUT2D eigenvalue weighted by Gasteiger charge is 2.35. The van der Waals surface area contributed by atoms with E-state index in [2.05, 4.69) is 0 Å². The maximum absolute atomic E-state index is 13.8. The average molecular weight is 515 g/mol. The molecule has 2 aromatic carbocycles. The van der Waals surface area contributed by atoms with Gasteiger partial charge in [-0.3, -0.25) is 9.36 Å². The number of aromatic nitrogens is 1. The Morgan fingerprint density at radius 2 is 1.81 bits per heavy atom. The fourth-order valence-electron chi connectivity index (χ4n) is 4.33. The van der Waals surface area contributed by atoms with E-state index in [0.29, 0.717) is 38.7 Å². The van der Waals surface area contributed by atoms with Crippen molar-refractivity contribution in [3.8, 4) is 5.75 Å². The predicted molar refractivity (Wildman–Crippen MR) is 142 cm³/mol. The lowest BCUT2D eigenvalue weighted by molar-refractivity contribution is -0.138. The smallest absolute Gasteiger partial charge is 0.338 e. The minimum atomic E-state index is -0.735. The lowest BCUT2D eigenvalue weighted by Crippen LogP contribution is -2.40. The third-order valence-corrected chi connectivity index (χ3v) is 6.90. The molecular weight excluding hydrogens is 488 g/mol. The van der Waals surface area contributed by atoms with Crippen LogP contribution < -0.4 is 19.6 Å². The first-order valence-corrected chi connectivity index (χ1v) is 12.9. The van der Waals surface area contributed by atoms with Crippen molar-refractivity contribution in [3.63, 3.8) is 0 Å². The molecule has 1 atom stereocenters. The van der Waals surface area contributed by atoms with Crippen LogP contribution in [-0.2, 0) is 9.53 Å². The molecule has 1 aliphatic rings. The summed E-state index contributed by atoms with van der Waals surface area (Å²) < 4.78 is 18.8. The van der Waals surface area contributed by atoms with Gasteiger partial charge in [0.05, 0.1) is 35.1 Å². The molecule has 0 fully saturated rings. The first kappa shape index (κ1) is 24.5. The number of fused-ring (bicyclic) bond motifs is 1. The maximum Gasteiger partial charge on any atom is 0.338 e. The van der Waals surface area contributed by atoms with Gasteiger partial charge in [0.15, 0.2) is 4.80 Å². The number of carbonyl (C=O) groups excluding carboxylic acids is 1. The van der Waals surface area contributed by atoms with Gasteiger partial charge >= 0.3 is 5.97 Å². The normalized spacial score (nSPS) is 15.3. The second-order valence-corrected chi connectivity index (χ2v) is 9.39. The Morgan fingerprint density at radius 1 is 1.05 bits per heavy atom. The van der Waals surface area contributed by atoms with Gasteiger partial charge in [0.1, 0.15) is 17.3 Å². The van der Waals surface area contributed by atoms with E-state index in [1.54, 1.807) is 17.6 Å². The minimum absolute atomic E-state index is 0.197. The number of hydrogen-bond acceptors (Lipinski definition) is 7. The Labute approximate surface area is 217 Å². The summed E-state index contributed by atoms with van der Waals surface area (Å²) in [4.78, 5) is 32.6. The molecule has 0 aliphatic carbocycles. The van der Waals surface area contributed by atoms with Crippen LogP contribution in [0.2, 0.25) is 0 Å². The van der Waals surface area contributed by atoms with E-state index in [1.165, 1.54) is 11.3 Å². The summed E-state index contributed by atoms with van der Waals surface area (Å²) in [6.07, 6.45) is 1.71. The highest BCUT2D eigenvalue weighted by atomic mass is 32.1. The molecule has 8 heteroatoms. The van der Waals surface area contributed by atoms with Crippen molar-refractivity contribution in [3.05, 3.63) is 115 Å². The van der Waals surface area contributed by atoms with E-state index < -0.39 is 12.0 Å². The van der Waals surface area contributed by atoms with Crippen LogP contribution >= 0.6 is 11.3 Å². The highest BCUT2D eigenvalue weighted by Crippen LogP contribution is 2.35. The summed E-state index contributed by atoms with van der Waals surface area (Å²) in [7, 11) is 0. The van der Waals surface area contributed by atoms with Crippen LogP contribution in [0, 0.1) is 6.92 Å². The predicted octanol–water partition coefficient (Wildman–Crippen LogP) is 4.24. The van der Waals surface area contributed by atoms with Crippen LogP contribution in [0.15, 0.2) is 86.5 Å². The molecule has 37 heavy (non-hydrogen) atoms. The Hall–Kier alpha value is -4.17. The van der Waals surface area contributed by atoms with Crippen LogP contribution in [0.3, 0.4) is 0 Å². The largest absolute Gasteiger partial charge is 0.494 e. The molecule has 2 aromatic heterocycles. The molecule has 0 saturated heterocycles. The molecule has 0 saturated carbocycles. The van der Waals surface area contributed by atoms with Crippen molar-refractivity contribution in [2.24, 2.45) is 4.99 Å². The van der Waals surface area contributed by atoms with Crippen LogP contribution in [0.1, 0.15) is 42.5 Å². The standard InChI is InChI=1S/C29H26N2O5S/c1-4-34-21-15-12-20(13-16-21)26-24(28(33)35-5-2)25(19-9-7-6-8-10-19)30-29-31(26)27(32)23(37-29)17-22-14-11-18(3)36-22/h6-17,26H,4-5H2,1-3H3/b23-17-/t26-/m1/s1. The molecule has 0 spiro atoms. The molecule has 0 N–H and O–H groups in total. The molecule has 0 unspecified atom stereocenters. The van der Waals surface area contributed by atoms with Gasteiger partial charge in [-0.15, -0.1) is 0 Å². The average Bonchev–Trinajstić information content (AvgIpc) is 3.46. The van der Waals surface area contributed by atoms with Crippen LogP contribution in [-0.4, -0.2) is 23.8 Å². The molecule has 5 rings (SSSR count). The first-order valence-electron chi connectivity index (χ1n) is 12.1. The monoisotopic (exact) mass is 514 g/mol. The van der Waals surface area contributed by atoms with Crippen molar-refractivity contribution < 1.29 is 18.7 Å². The van der Waals surface area contributed by atoms with E-state index in [1.807, 2.05) is 80.6 Å². The number of esters is 1. The highest BCUT2D eigenvalue weighted by molar-refractivity contribution is 7.07. The molecule has 4 aromatic rings. The van der Waals surface area contributed by atoms with E-state index in [9.17, 15) is 9.59 Å². The fourth-order valence-corrected chi connectivity index (χ4v) is 5.31. The Bertz CT molecular complexity index is 1640. The number of rotatable bonds is 7. The van der Waals surface area contributed by atoms with E-state index >= 15 is 0 Å². The number of ether oxygens (including phenoxy) is 2. The Morgan fingerprint density at radius 3 is 2.46 bits per heavy atom. The summed E-state index contributed by atoms with van der Waals surface area (Å²) in [5, 5.41) is 0. The molecule has 188 valence electrons. The van der Waals surface area contributed by atoms with Crippen molar-refractivity contribution in [2.75, 3.05) is 13.2 Å². The van der Waals surface area contributed by atoms with Gasteiger partial charge in [-0.2, -0.15) is 0 Å². The topological polar surface area (TPSA) is 83.0 Å². The van der Waals surface area contributed by atoms with E-state index in [4.69, 9.17) is 18.9 Å². The zero-order valence-electron chi connectivity index (χ0n) is 20.8. The second kappa shape index (κ2) is 10.4. The lowest BCUT2D eigenvalue weighted by Gasteiger charge is -2.26. The van der Waals surface area contributed by atoms with Crippen molar-refractivity contribution in [2.45, 2.75) is 26.8 Å². The van der Waals surface area contributed by atoms with Gasteiger partial charge in [-0.1, -0.05) is 53.8 Å². The first-order chi connectivity index (χ1) is 18.0. The number of hydrogen-bond donors (Lipinski definition) is 0. The number of benzene rings is 2.